The third-order valence-corrected chi connectivity index (χ3v) is 4.49. The lowest BCUT2D eigenvalue weighted by Gasteiger charge is -2.22. The van der Waals surface area contributed by atoms with Crippen LogP contribution in [0.3, 0.4) is 0 Å². The minimum atomic E-state index is -0.865. The van der Waals surface area contributed by atoms with Gasteiger partial charge in [0.1, 0.15) is 5.82 Å². The molecule has 0 bridgehead atoms. The van der Waals surface area contributed by atoms with E-state index in [9.17, 15) is 18.4 Å². The van der Waals surface area contributed by atoms with Crippen molar-refractivity contribution < 1.29 is 18.4 Å². The predicted molar refractivity (Wildman–Crippen MR) is 98.5 cm³/mol. The second-order valence-corrected chi connectivity index (χ2v) is 6.35. The van der Waals surface area contributed by atoms with Crippen molar-refractivity contribution in [3.63, 3.8) is 0 Å². The maximum atomic E-state index is 14.3. The molecule has 27 heavy (non-hydrogen) atoms. The molecule has 6 heteroatoms. The summed E-state index contributed by atoms with van der Waals surface area (Å²) in [7, 11) is 0. The lowest BCUT2D eigenvalue weighted by Crippen LogP contribution is -2.36. The summed E-state index contributed by atoms with van der Waals surface area (Å²) in [6.07, 6.45) is 1.27. The first-order chi connectivity index (χ1) is 13.0. The molecule has 2 aromatic carbocycles. The van der Waals surface area contributed by atoms with Crippen LogP contribution < -0.4 is 0 Å². The lowest BCUT2D eigenvalue weighted by molar-refractivity contribution is -0.130. The minimum Gasteiger partial charge on any atom is -0.336 e. The number of hydrogen-bond donors (Lipinski definition) is 0. The summed E-state index contributed by atoms with van der Waals surface area (Å²) in [5, 5.41) is 0. The Hall–Kier alpha value is -3.02. The third kappa shape index (κ3) is 4.78. The van der Waals surface area contributed by atoms with Crippen molar-refractivity contribution in [2.24, 2.45) is 0 Å². The van der Waals surface area contributed by atoms with Crippen LogP contribution in [0.25, 0.3) is 6.08 Å². The summed E-state index contributed by atoms with van der Waals surface area (Å²) in [4.78, 5) is 27.5. The van der Waals surface area contributed by atoms with Crippen LogP contribution in [0, 0.1) is 5.82 Å². The third-order valence-electron chi connectivity index (χ3n) is 4.49. The van der Waals surface area contributed by atoms with Gasteiger partial charge >= 0.3 is 0 Å². The van der Waals surface area contributed by atoms with E-state index in [2.05, 4.69) is 0 Å². The monoisotopic (exact) mass is 370 g/mol. The fourth-order valence-electron chi connectivity index (χ4n) is 2.98. The molecule has 0 radical (unpaired) electrons. The Kier molecular flexibility index (Phi) is 5.96. The average molecular weight is 370 g/mol. The average Bonchev–Trinajstić information content (AvgIpc) is 2.86. The highest BCUT2D eigenvalue weighted by molar-refractivity contribution is 5.96. The van der Waals surface area contributed by atoms with Gasteiger partial charge in [-0.15, -0.1) is 0 Å². The first-order valence-corrected chi connectivity index (χ1v) is 8.77. The molecule has 0 aliphatic carbocycles. The van der Waals surface area contributed by atoms with Crippen LogP contribution in [-0.4, -0.2) is 41.2 Å². The molecule has 1 fully saturated rings. The zero-order valence-corrected chi connectivity index (χ0v) is 14.8. The van der Waals surface area contributed by atoms with E-state index in [-0.39, 0.29) is 44.3 Å². The molecule has 1 heterocycles. The van der Waals surface area contributed by atoms with Gasteiger partial charge in [0.05, 0.1) is 0 Å². The molecule has 0 atom stereocenters. The zero-order valence-electron chi connectivity index (χ0n) is 14.8. The maximum Gasteiger partial charge on any atom is 0.282 e. The van der Waals surface area contributed by atoms with Crippen LogP contribution in [0.5, 0.6) is 0 Å². The summed E-state index contributed by atoms with van der Waals surface area (Å²) >= 11 is 0. The van der Waals surface area contributed by atoms with Crippen molar-refractivity contribution in [3.05, 3.63) is 77.4 Å². The van der Waals surface area contributed by atoms with Gasteiger partial charge in [-0.1, -0.05) is 48.5 Å². The predicted octanol–water partition coefficient (Wildman–Crippen LogP) is 3.40. The van der Waals surface area contributed by atoms with E-state index in [4.69, 9.17) is 0 Å². The largest absolute Gasteiger partial charge is 0.336 e. The van der Waals surface area contributed by atoms with E-state index in [1.165, 1.54) is 21.9 Å². The number of hydrogen-bond acceptors (Lipinski definition) is 2. The molecule has 0 N–H and O–H groups in total. The van der Waals surface area contributed by atoms with Crippen LogP contribution in [0.15, 0.2) is 60.4 Å². The van der Waals surface area contributed by atoms with Gasteiger partial charge in [0.2, 0.25) is 5.91 Å². The Morgan fingerprint density at radius 3 is 2.44 bits per heavy atom. The first-order valence-electron chi connectivity index (χ1n) is 8.77. The standard InChI is InChI=1S/C21H20F2N2O2/c22-18-9-5-4-8-17(18)15-25-13-12-24(11-10-20(25)26)21(27)19(23)14-16-6-2-1-3-7-16/h1-9,14H,10-13,15H2/b19-14-. The summed E-state index contributed by atoms with van der Waals surface area (Å²) in [6.45, 7) is 0.712. The molecule has 140 valence electrons. The Balaban J connectivity index is 1.66. The first kappa shape index (κ1) is 18.8. The van der Waals surface area contributed by atoms with Gasteiger partial charge in [-0.3, -0.25) is 9.59 Å². The van der Waals surface area contributed by atoms with Crippen LogP contribution in [0.1, 0.15) is 17.5 Å². The highest BCUT2D eigenvalue weighted by Gasteiger charge is 2.26. The molecule has 0 spiro atoms. The number of carbonyl (C=O) groups is 2. The van der Waals surface area contributed by atoms with Crippen LogP contribution >= 0.6 is 0 Å². The fraction of sp³-hybridized carbons (Fsp3) is 0.238. The summed E-state index contributed by atoms with van der Waals surface area (Å²) in [5.41, 5.74) is 1.01. The van der Waals surface area contributed by atoms with Gasteiger partial charge in [-0.2, -0.15) is 0 Å². The summed E-state index contributed by atoms with van der Waals surface area (Å²) < 4.78 is 28.1. The minimum absolute atomic E-state index is 0.0822. The number of benzene rings is 2. The molecule has 3 rings (SSSR count). The van der Waals surface area contributed by atoms with Crippen LogP contribution in [-0.2, 0) is 16.1 Å². The van der Waals surface area contributed by atoms with Gasteiger partial charge < -0.3 is 9.80 Å². The van der Waals surface area contributed by atoms with E-state index < -0.39 is 11.7 Å². The lowest BCUT2D eigenvalue weighted by atomic mass is 10.2. The molecule has 4 nitrogen and oxygen atoms in total. The quantitative estimate of drug-likeness (QED) is 0.774. The SMILES string of the molecule is O=C1CCN(C(=O)/C(F)=C/c2ccccc2)CCN1Cc1ccccc1F. The number of rotatable bonds is 4. The number of nitrogens with zero attached hydrogens (tertiary/aromatic N) is 2. The van der Waals surface area contributed by atoms with E-state index in [1.54, 1.807) is 42.5 Å². The smallest absolute Gasteiger partial charge is 0.282 e. The molecule has 1 aliphatic heterocycles. The normalized spacial score (nSPS) is 15.6. The van der Waals surface area contributed by atoms with E-state index >= 15 is 0 Å². The second-order valence-electron chi connectivity index (χ2n) is 6.35. The fourth-order valence-corrected chi connectivity index (χ4v) is 2.98. The summed E-state index contributed by atoms with van der Waals surface area (Å²) in [5.74, 6) is -2.16. The van der Waals surface area contributed by atoms with Crippen LogP contribution in [0.4, 0.5) is 8.78 Å². The molecule has 1 aliphatic rings. The zero-order chi connectivity index (χ0) is 19.2. The molecular weight excluding hydrogens is 350 g/mol. The van der Waals surface area contributed by atoms with Gasteiger partial charge in [-0.05, 0) is 17.7 Å². The maximum absolute atomic E-state index is 14.3. The number of amides is 2. The van der Waals surface area contributed by atoms with Crippen molar-refractivity contribution in [1.82, 2.24) is 9.80 Å². The molecule has 2 amide bonds. The molecule has 0 saturated carbocycles. The van der Waals surface area contributed by atoms with Crippen molar-refractivity contribution in [2.75, 3.05) is 19.6 Å². The molecule has 2 aromatic rings. The highest BCUT2D eigenvalue weighted by atomic mass is 19.1. The molecule has 1 saturated heterocycles. The van der Waals surface area contributed by atoms with E-state index in [0.29, 0.717) is 11.1 Å². The molecule has 0 aromatic heterocycles. The molecule has 0 unspecified atom stereocenters. The Bertz CT molecular complexity index is 852. The van der Waals surface area contributed by atoms with Crippen molar-refractivity contribution in [1.29, 1.82) is 0 Å². The van der Waals surface area contributed by atoms with Crippen molar-refractivity contribution in [2.45, 2.75) is 13.0 Å². The van der Waals surface area contributed by atoms with E-state index in [0.717, 1.165) is 0 Å². The summed E-state index contributed by atoms with van der Waals surface area (Å²) in [6, 6.07) is 15.0. The van der Waals surface area contributed by atoms with Gasteiger partial charge in [0.25, 0.3) is 5.91 Å². The van der Waals surface area contributed by atoms with Crippen molar-refractivity contribution in [3.8, 4) is 0 Å². The Morgan fingerprint density at radius 2 is 1.70 bits per heavy atom. The second kappa shape index (κ2) is 8.58. The topological polar surface area (TPSA) is 40.6 Å². The van der Waals surface area contributed by atoms with Gasteiger partial charge in [-0.25, -0.2) is 8.78 Å². The Labute approximate surface area is 156 Å². The van der Waals surface area contributed by atoms with Gasteiger partial charge in [0, 0.05) is 38.2 Å². The highest BCUT2D eigenvalue weighted by Crippen LogP contribution is 2.16. The molecular formula is C21H20F2N2O2. The van der Waals surface area contributed by atoms with E-state index in [1.807, 2.05) is 6.07 Å². The number of halogens is 2. The van der Waals surface area contributed by atoms with Gasteiger partial charge in [0.15, 0.2) is 5.83 Å². The van der Waals surface area contributed by atoms with Crippen LogP contribution in [0.2, 0.25) is 0 Å². The number of carbonyl (C=O) groups excluding carboxylic acids is 2. The van der Waals surface area contributed by atoms with Crippen molar-refractivity contribution >= 4 is 17.9 Å². The Morgan fingerprint density at radius 1 is 1.00 bits per heavy atom.